The first kappa shape index (κ1) is 14.3. The summed E-state index contributed by atoms with van der Waals surface area (Å²) in [5.41, 5.74) is 1.67. The molecular formula is C15H19FO2. The van der Waals surface area contributed by atoms with Gasteiger partial charge < -0.3 is 9.47 Å². The predicted octanol–water partition coefficient (Wildman–Crippen LogP) is 4.36. The Morgan fingerprint density at radius 3 is 2.61 bits per heavy atom. The predicted molar refractivity (Wildman–Crippen MR) is 70.9 cm³/mol. The number of halogens is 1. The Kier molecular flexibility index (Phi) is 5.43. The Morgan fingerprint density at radius 2 is 2.06 bits per heavy atom. The van der Waals surface area contributed by atoms with Gasteiger partial charge in [0.25, 0.3) is 0 Å². The van der Waals surface area contributed by atoms with Crippen LogP contribution in [0, 0.1) is 12.7 Å². The molecule has 1 aromatic carbocycles. The molecule has 0 aromatic heterocycles. The summed E-state index contributed by atoms with van der Waals surface area (Å²) in [4.78, 5) is 0. The van der Waals surface area contributed by atoms with E-state index in [0.29, 0.717) is 17.1 Å². The highest BCUT2D eigenvalue weighted by Gasteiger charge is 2.02. The van der Waals surface area contributed by atoms with Crippen molar-refractivity contribution in [1.82, 2.24) is 0 Å². The van der Waals surface area contributed by atoms with Crippen LogP contribution in [0.1, 0.15) is 26.3 Å². The van der Waals surface area contributed by atoms with E-state index in [-0.39, 0.29) is 12.4 Å². The maximum Gasteiger partial charge on any atom is 0.145 e. The van der Waals surface area contributed by atoms with Crippen LogP contribution < -0.4 is 4.74 Å². The van der Waals surface area contributed by atoms with Crippen LogP contribution in [0.15, 0.2) is 41.9 Å². The zero-order valence-electron chi connectivity index (χ0n) is 11.3. The van der Waals surface area contributed by atoms with Crippen LogP contribution in [0.5, 0.6) is 5.75 Å². The van der Waals surface area contributed by atoms with Gasteiger partial charge in [-0.25, -0.2) is 4.39 Å². The van der Waals surface area contributed by atoms with Gasteiger partial charge in [0.15, 0.2) is 0 Å². The monoisotopic (exact) mass is 250 g/mol. The molecule has 0 radical (unpaired) electrons. The van der Waals surface area contributed by atoms with Gasteiger partial charge in [-0.3, -0.25) is 0 Å². The number of rotatable bonds is 5. The molecule has 0 aliphatic carbocycles. The topological polar surface area (TPSA) is 18.5 Å². The molecule has 0 N–H and O–H groups in total. The van der Waals surface area contributed by atoms with Crippen LogP contribution in [0.2, 0.25) is 0 Å². The summed E-state index contributed by atoms with van der Waals surface area (Å²) in [6.45, 7) is 7.76. The summed E-state index contributed by atoms with van der Waals surface area (Å²) >= 11 is 0. The minimum atomic E-state index is -0.264. The van der Waals surface area contributed by atoms with E-state index in [9.17, 15) is 4.39 Å². The highest BCUT2D eigenvalue weighted by molar-refractivity contribution is 5.28. The second-order valence-corrected chi connectivity index (χ2v) is 4.27. The standard InChI is InChI=1S/C15H19FO2/c1-5-13(17-9-11(2)3)10-18-14-7-6-12(4)15(16)8-14/h5-9H,10H2,1-4H3/b13-5-. The molecule has 0 saturated heterocycles. The molecule has 0 spiro atoms. The summed E-state index contributed by atoms with van der Waals surface area (Å²) in [6, 6.07) is 4.81. The third-order valence-corrected chi connectivity index (χ3v) is 2.29. The van der Waals surface area contributed by atoms with E-state index < -0.39 is 0 Å². The van der Waals surface area contributed by atoms with Crippen molar-refractivity contribution < 1.29 is 13.9 Å². The Balaban J connectivity index is 2.58. The van der Waals surface area contributed by atoms with Crippen molar-refractivity contribution >= 4 is 0 Å². The van der Waals surface area contributed by atoms with Crippen molar-refractivity contribution in [2.75, 3.05) is 6.61 Å². The van der Waals surface area contributed by atoms with Crippen LogP contribution in [0.3, 0.4) is 0 Å². The third kappa shape index (κ3) is 4.62. The van der Waals surface area contributed by atoms with Crippen molar-refractivity contribution in [3.63, 3.8) is 0 Å². The molecule has 0 atom stereocenters. The highest BCUT2D eigenvalue weighted by atomic mass is 19.1. The second kappa shape index (κ2) is 6.84. The fraction of sp³-hybridized carbons (Fsp3) is 0.333. The van der Waals surface area contributed by atoms with Crippen molar-refractivity contribution in [2.24, 2.45) is 0 Å². The van der Waals surface area contributed by atoms with E-state index in [1.165, 1.54) is 6.07 Å². The molecule has 18 heavy (non-hydrogen) atoms. The lowest BCUT2D eigenvalue weighted by Crippen LogP contribution is -2.03. The molecule has 0 saturated carbocycles. The largest absolute Gasteiger partial charge is 0.486 e. The molecule has 0 fully saturated rings. The first-order valence-electron chi connectivity index (χ1n) is 5.87. The van der Waals surface area contributed by atoms with Gasteiger partial charge in [0.05, 0.1) is 6.26 Å². The van der Waals surface area contributed by atoms with Crippen molar-refractivity contribution in [1.29, 1.82) is 0 Å². The first-order chi connectivity index (χ1) is 8.52. The van der Waals surface area contributed by atoms with E-state index >= 15 is 0 Å². The van der Waals surface area contributed by atoms with Crippen molar-refractivity contribution in [3.05, 3.63) is 53.3 Å². The van der Waals surface area contributed by atoms with Gasteiger partial charge in [-0.15, -0.1) is 0 Å². The molecule has 0 bridgehead atoms. The molecule has 0 unspecified atom stereocenters. The number of allylic oxidation sites excluding steroid dienone is 2. The normalized spacial score (nSPS) is 11.1. The molecular weight excluding hydrogens is 231 g/mol. The number of hydrogen-bond donors (Lipinski definition) is 0. The highest BCUT2D eigenvalue weighted by Crippen LogP contribution is 2.16. The van der Waals surface area contributed by atoms with Gasteiger partial charge >= 0.3 is 0 Å². The molecule has 0 heterocycles. The van der Waals surface area contributed by atoms with Crippen LogP contribution in [0.25, 0.3) is 0 Å². The Hall–Kier alpha value is -1.77. The fourth-order valence-corrected chi connectivity index (χ4v) is 1.20. The Morgan fingerprint density at radius 1 is 1.33 bits per heavy atom. The van der Waals surface area contributed by atoms with Crippen LogP contribution in [-0.2, 0) is 4.74 Å². The lowest BCUT2D eigenvalue weighted by Gasteiger charge is -2.09. The van der Waals surface area contributed by atoms with Crippen LogP contribution in [0.4, 0.5) is 4.39 Å². The molecule has 98 valence electrons. The van der Waals surface area contributed by atoms with E-state index in [2.05, 4.69) is 0 Å². The summed E-state index contributed by atoms with van der Waals surface area (Å²) < 4.78 is 24.2. The van der Waals surface area contributed by atoms with Gasteiger partial charge in [0.1, 0.15) is 23.9 Å². The summed E-state index contributed by atoms with van der Waals surface area (Å²) in [5.74, 6) is 0.926. The number of benzene rings is 1. The minimum absolute atomic E-state index is 0.264. The SMILES string of the molecule is C/C=C(/COc1ccc(C)c(F)c1)OC=C(C)C. The maximum absolute atomic E-state index is 13.3. The molecule has 0 amide bonds. The van der Waals surface area contributed by atoms with Crippen LogP contribution in [-0.4, -0.2) is 6.61 Å². The Labute approximate surface area is 108 Å². The Bertz CT molecular complexity index is 458. The lowest BCUT2D eigenvalue weighted by molar-refractivity contribution is 0.247. The van der Waals surface area contributed by atoms with Gasteiger partial charge in [-0.1, -0.05) is 6.07 Å². The average Bonchev–Trinajstić information content (AvgIpc) is 2.33. The minimum Gasteiger partial charge on any atom is -0.486 e. The third-order valence-electron chi connectivity index (χ3n) is 2.29. The van der Waals surface area contributed by atoms with Crippen LogP contribution >= 0.6 is 0 Å². The number of hydrogen-bond acceptors (Lipinski definition) is 2. The zero-order chi connectivity index (χ0) is 13.5. The quantitative estimate of drug-likeness (QED) is 0.723. The molecule has 0 aliphatic heterocycles. The first-order valence-corrected chi connectivity index (χ1v) is 5.87. The molecule has 2 nitrogen and oxygen atoms in total. The van der Waals surface area contributed by atoms with E-state index in [4.69, 9.17) is 9.47 Å². The van der Waals surface area contributed by atoms with Crippen molar-refractivity contribution in [3.8, 4) is 5.75 Å². The van der Waals surface area contributed by atoms with E-state index in [1.807, 2.05) is 26.8 Å². The van der Waals surface area contributed by atoms with E-state index in [1.54, 1.807) is 25.3 Å². The average molecular weight is 250 g/mol. The summed E-state index contributed by atoms with van der Waals surface area (Å²) in [5, 5.41) is 0. The van der Waals surface area contributed by atoms with Crippen molar-refractivity contribution in [2.45, 2.75) is 27.7 Å². The smallest absolute Gasteiger partial charge is 0.145 e. The summed E-state index contributed by atoms with van der Waals surface area (Å²) in [7, 11) is 0. The molecule has 0 aliphatic rings. The maximum atomic E-state index is 13.3. The summed E-state index contributed by atoms with van der Waals surface area (Å²) in [6.07, 6.45) is 3.48. The zero-order valence-corrected chi connectivity index (χ0v) is 11.3. The van der Waals surface area contributed by atoms with Gasteiger partial charge in [-0.05, 0) is 51.0 Å². The van der Waals surface area contributed by atoms with Gasteiger partial charge in [0, 0.05) is 6.07 Å². The fourth-order valence-electron chi connectivity index (χ4n) is 1.20. The molecule has 1 aromatic rings. The van der Waals surface area contributed by atoms with Gasteiger partial charge in [-0.2, -0.15) is 0 Å². The second-order valence-electron chi connectivity index (χ2n) is 4.27. The van der Waals surface area contributed by atoms with Gasteiger partial charge in [0.2, 0.25) is 0 Å². The lowest BCUT2D eigenvalue weighted by atomic mass is 10.2. The van der Waals surface area contributed by atoms with E-state index in [0.717, 1.165) is 5.57 Å². The molecule has 1 rings (SSSR count). The number of aryl methyl sites for hydroxylation is 1. The number of ether oxygens (including phenoxy) is 2. The molecule has 3 heteroatoms.